The molecule has 0 radical (unpaired) electrons. The zero-order valence-corrected chi connectivity index (χ0v) is 24.0. The summed E-state index contributed by atoms with van der Waals surface area (Å²) in [7, 11) is 0. The Kier molecular flexibility index (Phi) is 8.09. The van der Waals surface area contributed by atoms with Crippen molar-refractivity contribution < 1.29 is 19.2 Å². The molecule has 4 rings (SSSR count). The van der Waals surface area contributed by atoms with E-state index in [0.717, 1.165) is 27.4 Å². The molecule has 38 heavy (non-hydrogen) atoms. The van der Waals surface area contributed by atoms with E-state index in [0.29, 0.717) is 5.76 Å². The molecule has 9 heteroatoms. The standard InChI is InChI=1S/C29H38N4O4S/c1-16(2)25(23-13-24(32-37-23)29(5,6)7)28(36)33-14-21(34)12-22(33)27(35)31-17(3)19-8-10-20(11-9-19)26-18(4)30-15-38-26/h8-11,13,15-17,21-22,25,34H,12,14H2,1-7H3,(H,31,35). The monoisotopic (exact) mass is 538 g/mol. The van der Waals surface area contributed by atoms with Crippen LogP contribution in [0.2, 0.25) is 0 Å². The molecule has 0 aliphatic carbocycles. The van der Waals surface area contributed by atoms with Gasteiger partial charge in [-0.05, 0) is 30.9 Å². The minimum Gasteiger partial charge on any atom is -0.391 e. The first-order chi connectivity index (χ1) is 17.9. The van der Waals surface area contributed by atoms with E-state index >= 15 is 0 Å². The van der Waals surface area contributed by atoms with Gasteiger partial charge < -0.3 is 19.8 Å². The van der Waals surface area contributed by atoms with Gasteiger partial charge in [0.05, 0.1) is 33.9 Å². The highest BCUT2D eigenvalue weighted by Crippen LogP contribution is 2.33. The summed E-state index contributed by atoms with van der Waals surface area (Å²) in [5.74, 6) is -0.700. The summed E-state index contributed by atoms with van der Waals surface area (Å²) in [6.07, 6.45) is -0.567. The molecule has 0 spiro atoms. The molecule has 1 saturated heterocycles. The lowest BCUT2D eigenvalue weighted by Gasteiger charge is -2.29. The highest BCUT2D eigenvalue weighted by atomic mass is 32.1. The molecular weight excluding hydrogens is 500 g/mol. The average Bonchev–Trinajstić information content (AvgIpc) is 3.58. The number of nitrogens with zero attached hydrogens (tertiary/aromatic N) is 3. The Hall–Kier alpha value is -3.04. The smallest absolute Gasteiger partial charge is 0.243 e. The van der Waals surface area contributed by atoms with E-state index in [1.54, 1.807) is 11.3 Å². The maximum atomic E-state index is 13.8. The lowest BCUT2D eigenvalue weighted by molar-refractivity contribution is -0.141. The molecule has 3 aromatic rings. The van der Waals surface area contributed by atoms with Gasteiger partial charge in [0.25, 0.3) is 0 Å². The molecule has 0 bridgehead atoms. The van der Waals surface area contributed by atoms with Crippen LogP contribution >= 0.6 is 11.3 Å². The number of likely N-dealkylation sites (tertiary alicyclic amines) is 1. The molecule has 2 amide bonds. The number of aliphatic hydroxyl groups excluding tert-OH is 1. The summed E-state index contributed by atoms with van der Waals surface area (Å²) in [4.78, 5) is 34.1. The van der Waals surface area contributed by atoms with Gasteiger partial charge in [-0.2, -0.15) is 0 Å². The predicted molar refractivity (Wildman–Crippen MR) is 148 cm³/mol. The zero-order chi connectivity index (χ0) is 27.8. The minimum absolute atomic E-state index is 0.0793. The van der Waals surface area contributed by atoms with Gasteiger partial charge in [0.1, 0.15) is 17.7 Å². The molecule has 2 aromatic heterocycles. The van der Waals surface area contributed by atoms with Gasteiger partial charge in [0.15, 0.2) is 0 Å². The third kappa shape index (κ3) is 5.83. The van der Waals surface area contributed by atoms with E-state index in [2.05, 4.69) is 15.5 Å². The summed E-state index contributed by atoms with van der Waals surface area (Å²) >= 11 is 1.60. The number of nitrogens with one attached hydrogen (secondary N) is 1. The number of benzene rings is 1. The minimum atomic E-state index is -0.764. The Labute approximate surface area is 228 Å². The van der Waals surface area contributed by atoms with Crippen molar-refractivity contribution in [3.63, 3.8) is 0 Å². The van der Waals surface area contributed by atoms with Crippen LogP contribution < -0.4 is 5.32 Å². The maximum Gasteiger partial charge on any atom is 0.243 e. The van der Waals surface area contributed by atoms with Crippen LogP contribution in [0.4, 0.5) is 0 Å². The Balaban J connectivity index is 1.49. The highest BCUT2D eigenvalue weighted by Gasteiger charge is 2.43. The third-order valence-corrected chi connectivity index (χ3v) is 8.16. The van der Waals surface area contributed by atoms with Crippen LogP contribution in [0.1, 0.15) is 82.6 Å². The Morgan fingerprint density at radius 2 is 1.87 bits per heavy atom. The van der Waals surface area contributed by atoms with Gasteiger partial charge in [0.2, 0.25) is 11.8 Å². The van der Waals surface area contributed by atoms with E-state index in [-0.39, 0.29) is 42.2 Å². The predicted octanol–water partition coefficient (Wildman–Crippen LogP) is 4.98. The van der Waals surface area contributed by atoms with Gasteiger partial charge in [-0.1, -0.05) is 64.0 Å². The number of β-amino-alcohol motifs (C(OH)–C–C–N with tert-alkyl or cyclic N) is 1. The number of amides is 2. The number of carbonyl (C=O) groups is 2. The highest BCUT2D eigenvalue weighted by molar-refractivity contribution is 7.13. The van der Waals surface area contributed by atoms with Crippen LogP contribution in [-0.4, -0.2) is 50.7 Å². The van der Waals surface area contributed by atoms with Crippen molar-refractivity contribution in [2.45, 2.75) is 84.4 Å². The fourth-order valence-corrected chi connectivity index (χ4v) is 5.72. The summed E-state index contributed by atoms with van der Waals surface area (Å²) in [5, 5.41) is 17.7. The quantitative estimate of drug-likeness (QED) is 0.439. The molecule has 4 unspecified atom stereocenters. The van der Waals surface area contributed by atoms with Crippen LogP contribution in [-0.2, 0) is 15.0 Å². The first kappa shape index (κ1) is 28.0. The first-order valence-electron chi connectivity index (χ1n) is 13.1. The Morgan fingerprint density at radius 1 is 1.18 bits per heavy atom. The Bertz CT molecular complexity index is 1270. The number of aryl methyl sites for hydroxylation is 1. The summed E-state index contributed by atoms with van der Waals surface area (Å²) in [5.41, 5.74) is 5.43. The number of aliphatic hydroxyl groups is 1. The van der Waals surface area contributed by atoms with Crippen molar-refractivity contribution in [1.29, 1.82) is 0 Å². The normalized spacial score (nSPS) is 19.6. The SMILES string of the molecule is Cc1ncsc1-c1ccc(C(C)NC(=O)C2CC(O)CN2C(=O)C(c2cc(C(C)(C)C)no2)C(C)C)cc1. The number of hydrogen-bond donors (Lipinski definition) is 2. The summed E-state index contributed by atoms with van der Waals surface area (Å²) in [6.45, 7) is 14.0. The van der Waals surface area contributed by atoms with Gasteiger partial charge in [-0.15, -0.1) is 11.3 Å². The summed E-state index contributed by atoms with van der Waals surface area (Å²) < 4.78 is 5.62. The van der Waals surface area contributed by atoms with Crippen LogP contribution in [0.5, 0.6) is 0 Å². The second kappa shape index (κ2) is 11.0. The van der Waals surface area contributed by atoms with Gasteiger partial charge in [-0.3, -0.25) is 9.59 Å². The van der Waals surface area contributed by atoms with Crippen LogP contribution in [0.15, 0.2) is 40.4 Å². The second-order valence-electron chi connectivity index (χ2n) is 11.6. The van der Waals surface area contributed by atoms with Crippen molar-refractivity contribution in [3.05, 3.63) is 58.6 Å². The number of carbonyl (C=O) groups excluding carboxylic acids is 2. The molecule has 3 heterocycles. The molecule has 1 aliphatic heterocycles. The first-order valence-corrected chi connectivity index (χ1v) is 14.0. The summed E-state index contributed by atoms with van der Waals surface area (Å²) in [6, 6.07) is 8.87. The van der Waals surface area contributed by atoms with Crippen LogP contribution in [0.25, 0.3) is 10.4 Å². The molecule has 204 valence electrons. The molecule has 0 saturated carbocycles. The molecule has 1 aromatic carbocycles. The molecule has 1 fully saturated rings. The van der Waals surface area contributed by atoms with Crippen molar-refractivity contribution in [1.82, 2.24) is 20.4 Å². The lowest BCUT2D eigenvalue weighted by Crippen LogP contribution is -2.48. The van der Waals surface area contributed by atoms with E-state index < -0.39 is 18.1 Å². The van der Waals surface area contributed by atoms with Crippen molar-refractivity contribution in [2.24, 2.45) is 5.92 Å². The number of aromatic nitrogens is 2. The fourth-order valence-electron chi connectivity index (χ4n) is 4.90. The van der Waals surface area contributed by atoms with E-state index in [1.807, 2.05) is 84.3 Å². The fraction of sp³-hybridized carbons (Fsp3) is 0.517. The second-order valence-corrected chi connectivity index (χ2v) is 12.5. The number of rotatable bonds is 7. The number of thiazole rings is 1. The average molecular weight is 539 g/mol. The van der Waals surface area contributed by atoms with Crippen molar-refractivity contribution in [2.75, 3.05) is 6.54 Å². The molecule has 1 aliphatic rings. The van der Waals surface area contributed by atoms with Crippen molar-refractivity contribution in [3.8, 4) is 10.4 Å². The lowest BCUT2D eigenvalue weighted by atomic mass is 9.88. The molecule has 4 atom stereocenters. The Morgan fingerprint density at radius 3 is 2.42 bits per heavy atom. The van der Waals surface area contributed by atoms with Crippen LogP contribution in [0.3, 0.4) is 0 Å². The molecule has 8 nitrogen and oxygen atoms in total. The van der Waals surface area contributed by atoms with E-state index in [1.165, 1.54) is 4.90 Å². The van der Waals surface area contributed by atoms with Gasteiger partial charge in [0, 0.05) is 24.4 Å². The number of hydrogen-bond acceptors (Lipinski definition) is 7. The molecular formula is C29H38N4O4S. The van der Waals surface area contributed by atoms with Gasteiger partial charge >= 0.3 is 0 Å². The topological polar surface area (TPSA) is 109 Å². The van der Waals surface area contributed by atoms with E-state index in [9.17, 15) is 14.7 Å². The van der Waals surface area contributed by atoms with Crippen molar-refractivity contribution >= 4 is 23.2 Å². The van der Waals surface area contributed by atoms with E-state index in [4.69, 9.17) is 4.52 Å². The zero-order valence-electron chi connectivity index (χ0n) is 23.2. The largest absolute Gasteiger partial charge is 0.391 e. The third-order valence-electron chi connectivity index (χ3n) is 7.18. The molecule has 2 N–H and O–H groups in total. The van der Waals surface area contributed by atoms with Crippen LogP contribution in [0, 0.1) is 12.8 Å². The maximum absolute atomic E-state index is 13.8. The van der Waals surface area contributed by atoms with Gasteiger partial charge in [-0.25, -0.2) is 4.98 Å².